The van der Waals surface area contributed by atoms with Gasteiger partial charge in [0.15, 0.2) is 0 Å². The van der Waals surface area contributed by atoms with E-state index in [0.717, 1.165) is 19.8 Å². The molecule has 3 aromatic rings. The van der Waals surface area contributed by atoms with Crippen LogP contribution in [0.4, 0.5) is 0 Å². The van der Waals surface area contributed by atoms with Crippen molar-refractivity contribution >= 4 is 40.2 Å². The molecule has 0 aliphatic heterocycles. The van der Waals surface area contributed by atoms with E-state index in [2.05, 4.69) is 4.98 Å². The van der Waals surface area contributed by atoms with Gasteiger partial charge in [-0.05, 0) is 19.1 Å². The normalized spacial score (nSPS) is 10.7. The molecule has 0 saturated heterocycles. The van der Waals surface area contributed by atoms with Crippen LogP contribution in [0, 0.1) is 0 Å². The van der Waals surface area contributed by atoms with Crippen molar-refractivity contribution in [1.29, 1.82) is 0 Å². The van der Waals surface area contributed by atoms with Gasteiger partial charge in [0, 0.05) is 17.0 Å². The number of carbonyl (C=O) groups is 1. The van der Waals surface area contributed by atoms with Crippen LogP contribution in [-0.4, -0.2) is 22.3 Å². The van der Waals surface area contributed by atoms with Gasteiger partial charge in [-0.25, -0.2) is 4.98 Å². The third kappa shape index (κ3) is 3.80. The molecule has 23 heavy (non-hydrogen) atoms. The van der Waals surface area contributed by atoms with E-state index in [1.54, 1.807) is 6.20 Å². The quantitative estimate of drug-likeness (QED) is 0.626. The smallest absolute Gasteiger partial charge is 0.265 e. The Kier molecular flexibility index (Phi) is 5.10. The van der Waals surface area contributed by atoms with E-state index in [9.17, 15) is 4.79 Å². The van der Waals surface area contributed by atoms with Crippen LogP contribution in [0.15, 0.2) is 48.7 Å². The topological polar surface area (TPSA) is 33.2 Å². The summed E-state index contributed by atoms with van der Waals surface area (Å²) in [4.78, 5) is 20.6. The van der Waals surface area contributed by atoms with Gasteiger partial charge >= 0.3 is 0 Å². The van der Waals surface area contributed by atoms with E-state index in [1.807, 2.05) is 54.3 Å². The van der Waals surface area contributed by atoms with Gasteiger partial charge in [0.1, 0.15) is 9.88 Å². The molecule has 0 spiro atoms. The molecule has 1 amide bonds. The van der Waals surface area contributed by atoms with Crippen LogP contribution in [0.5, 0.6) is 0 Å². The van der Waals surface area contributed by atoms with Crippen LogP contribution in [0.3, 0.4) is 0 Å². The molecule has 1 aromatic carbocycles. The van der Waals surface area contributed by atoms with Gasteiger partial charge in [0.2, 0.25) is 0 Å². The molecule has 0 radical (unpaired) electrons. The third-order valence-corrected chi connectivity index (χ3v) is 5.63. The minimum absolute atomic E-state index is 0.0108. The second kappa shape index (κ2) is 7.25. The van der Waals surface area contributed by atoms with Crippen LogP contribution in [-0.2, 0) is 6.54 Å². The highest BCUT2D eigenvalue weighted by atomic mass is 35.5. The number of carbonyl (C=O) groups excluding carboxylic acids is 1. The van der Waals surface area contributed by atoms with Gasteiger partial charge in [-0.15, -0.1) is 22.7 Å². The molecule has 0 saturated carbocycles. The summed E-state index contributed by atoms with van der Waals surface area (Å²) in [6, 6.07) is 13.7. The van der Waals surface area contributed by atoms with Crippen LogP contribution < -0.4 is 0 Å². The van der Waals surface area contributed by atoms with Crippen molar-refractivity contribution in [2.24, 2.45) is 0 Å². The first-order chi connectivity index (χ1) is 11.2. The highest BCUT2D eigenvalue weighted by Crippen LogP contribution is 2.27. The highest BCUT2D eigenvalue weighted by molar-refractivity contribution is 7.17. The van der Waals surface area contributed by atoms with Crippen molar-refractivity contribution in [3.05, 3.63) is 62.8 Å². The summed E-state index contributed by atoms with van der Waals surface area (Å²) in [5.74, 6) is 0.0108. The molecule has 3 nitrogen and oxygen atoms in total. The number of rotatable bonds is 5. The Hall–Kier alpha value is -1.69. The second-order valence-electron chi connectivity index (χ2n) is 4.92. The van der Waals surface area contributed by atoms with E-state index >= 15 is 0 Å². The van der Waals surface area contributed by atoms with Gasteiger partial charge in [-0.2, -0.15) is 0 Å². The molecular formula is C17H15ClN2OS2. The van der Waals surface area contributed by atoms with Gasteiger partial charge in [0.05, 0.1) is 17.1 Å². The predicted molar refractivity (Wildman–Crippen MR) is 97.3 cm³/mol. The average molecular weight is 363 g/mol. The van der Waals surface area contributed by atoms with E-state index in [0.29, 0.717) is 18.0 Å². The SMILES string of the molecule is CCN(Cc1ccc(Cl)s1)C(=O)c1cnc(-c2ccccc2)s1. The summed E-state index contributed by atoms with van der Waals surface area (Å²) < 4.78 is 0.743. The van der Waals surface area contributed by atoms with Gasteiger partial charge < -0.3 is 4.90 Å². The molecular weight excluding hydrogens is 348 g/mol. The Morgan fingerprint density at radius 3 is 2.61 bits per heavy atom. The van der Waals surface area contributed by atoms with Crippen LogP contribution in [0.25, 0.3) is 10.6 Å². The Bertz CT molecular complexity index is 798. The zero-order valence-corrected chi connectivity index (χ0v) is 14.9. The fourth-order valence-electron chi connectivity index (χ4n) is 2.20. The Balaban J connectivity index is 1.77. The number of thiophene rings is 1. The van der Waals surface area contributed by atoms with Crippen molar-refractivity contribution in [3.63, 3.8) is 0 Å². The predicted octanol–water partition coefficient (Wildman–Crippen LogP) is 5.19. The van der Waals surface area contributed by atoms with Gasteiger partial charge in [-0.3, -0.25) is 4.79 Å². The maximum Gasteiger partial charge on any atom is 0.265 e. The maximum absolute atomic E-state index is 12.7. The monoisotopic (exact) mass is 362 g/mol. The van der Waals surface area contributed by atoms with Gasteiger partial charge in [-0.1, -0.05) is 41.9 Å². The van der Waals surface area contributed by atoms with E-state index < -0.39 is 0 Å². The van der Waals surface area contributed by atoms with E-state index in [4.69, 9.17) is 11.6 Å². The molecule has 6 heteroatoms. The van der Waals surface area contributed by atoms with Crippen molar-refractivity contribution < 1.29 is 4.79 Å². The molecule has 0 aliphatic carbocycles. The Morgan fingerprint density at radius 1 is 1.17 bits per heavy atom. The number of amides is 1. The lowest BCUT2D eigenvalue weighted by Gasteiger charge is -2.18. The number of nitrogens with zero attached hydrogens (tertiary/aromatic N) is 2. The Morgan fingerprint density at radius 2 is 1.96 bits per heavy atom. The molecule has 0 aliphatic rings. The molecule has 0 unspecified atom stereocenters. The van der Waals surface area contributed by atoms with E-state index in [-0.39, 0.29) is 5.91 Å². The lowest BCUT2D eigenvalue weighted by molar-refractivity contribution is 0.0759. The molecule has 0 fully saturated rings. The zero-order valence-electron chi connectivity index (χ0n) is 12.5. The van der Waals surface area contributed by atoms with Crippen LogP contribution >= 0.6 is 34.3 Å². The lowest BCUT2D eigenvalue weighted by Crippen LogP contribution is -2.29. The van der Waals surface area contributed by atoms with Crippen LogP contribution in [0.1, 0.15) is 21.5 Å². The zero-order chi connectivity index (χ0) is 16.2. The molecule has 2 aromatic heterocycles. The lowest BCUT2D eigenvalue weighted by atomic mass is 10.2. The molecule has 0 atom stereocenters. The molecule has 3 rings (SSSR count). The minimum Gasteiger partial charge on any atom is -0.333 e. The first-order valence-electron chi connectivity index (χ1n) is 7.22. The summed E-state index contributed by atoms with van der Waals surface area (Å²) in [5, 5.41) is 0.865. The fraction of sp³-hybridized carbons (Fsp3) is 0.176. The van der Waals surface area contributed by atoms with Crippen LogP contribution in [0.2, 0.25) is 4.34 Å². The second-order valence-corrected chi connectivity index (χ2v) is 7.75. The minimum atomic E-state index is 0.0108. The average Bonchev–Trinajstić information content (AvgIpc) is 3.22. The van der Waals surface area contributed by atoms with Gasteiger partial charge in [0.25, 0.3) is 5.91 Å². The highest BCUT2D eigenvalue weighted by Gasteiger charge is 2.18. The maximum atomic E-state index is 12.7. The molecule has 2 heterocycles. The third-order valence-electron chi connectivity index (χ3n) is 3.38. The summed E-state index contributed by atoms with van der Waals surface area (Å²) in [5.41, 5.74) is 1.03. The Labute approximate surface area is 148 Å². The molecule has 0 N–H and O–H groups in total. The number of benzene rings is 1. The summed E-state index contributed by atoms with van der Waals surface area (Å²) >= 11 is 8.90. The number of halogens is 1. The van der Waals surface area contributed by atoms with E-state index in [1.165, 1.54) is 22.7 Å². The number of thiazole rings is 1. The number of hydrogen-bond donors (Lipinski definition) is 0. The number of hydrogen-bond acceptors (Lipinski definition) is 4. The summed E-state index contributed by atoms with van der Waals surface area (Å²) in [6.45, 7) is 3.20. The summed E-state index contributed by atoms with van der Waals surface area (Å²) in [6.07, 6.45) is 1.67. The van der Waals surface area contributed by atoms with Crippen molar-refractivity contribution in [3.8, 4) is 10.6 Å². The van der Waals surface area contributed by atoms with Crippen molar-refractivity contribution in [2.45, 2.75) is 13.5 Å². The summed E-state index contributed by atoms with van der Waals surface area (Å²) in [7, 11) is 0. The van der Waals surface area contributed by atoms with Crippen molar-refractivity contribution in [2.75, 3.05) is 6.54 Å². The standard InChI is InChI=1S/C17H15ClN2OS2/c1-2-20(11-13-8-9-15(18)22-13)17(21)14-10-19-16(23-14)12-6-4-3-5-7-12/h3-10H,2,11H2,1H3. The molecule has 118 valence electrons. The number of aromatic nitrogens is 1. The first kappa shape index (κ1) is 16.2. The largest absolute Gasteiger partial charge is 0.333 e. The first-order valence-corrected chi connectivity index (χ1v) is 9.23. The molecule has 0 bridgehead atoms. The fourth-order valence-corrected chi connectivity index (χ4v) is 4.19. The van der Waals surface area contributed by atoms with Crippen molar-refractivity contribution in [1.82, 2.24) is 9.88 Å².